The minimum absolute atomic E-state index is 0.169. The van der Waals surface area contributed by atoms with Crippen LogP contribution in [-0.4, -0.2) is 29.1 Å². The Kier molecular flexibility index (Phi) is 9.84. The monoisotopic (exact) mass is 519 g/mol. The maximum atomic E-state index is 13.5. The quantitative estimate of drug-likeness (QED) is 0.388. The molecule has 0 spiro atoms. The molecule has 0 bridgehead atoms. The number of carbonyl (C=O) groups excluding carboxylic acids is 2. The van der Waals surface area contributed by atoms with Crippen LogP contribution >= 0.6 is 15.9 Å². The number of nitrogens with one attached hydrogen (secondary N) is 2. The number of nitrogens with zero attached hydrogens (tertiary/aromatic N) is 3. The molecule has 1 aliphatic rings. The van der Waals surface area contributed by atoms with Gasteiger partial charge in [-0.2, -0.15) is 5.10 Å². The van der Waals surface area contributed by atoms with E-state index in [2.05, 4.69) is 52.2 Å². The summed E-state index contributed by atoms with van der Waals surface area (Å²) in [5, 5.41) is 6.93. The van der Waals surface area contributed by atoms with Crippen LogP contribution in [0.1, 0.15) is 51.2 Å². The fraction of sp³-hybridized carbons (Fsp3) is 0.375. The first-order valence-electron chi connectivity index (χ1n) is 10.9. The molecule has 1 aromatic carbocycles. The summed E-state index contributed by atoms with van der Waals surface area (Å²) in [4.78, 5) is 26.6. The predicted molar refractivity (Wildman–Crippen MR) is 136 cm³/mol. The van der Waals surface area contributed by atoms with E-state index in [0.717, 1.165) is 16.5 Å². The highest BCUT2D eigenvalue weighted by molar-refractivity contribution is 9.10. The average molecular weight is 520 g/mol. The van der Waals surface area contributed by atoms with Crippen LogP contribution in [0.15, 0.2) is 40.5 Å². The fourth-order valence-corrected chi connectivity index (χ4v) is 4.05. The zero-order valence-electron chi connectivity index (χ0n) is 19.5. The highest BCUT2D eigenvalue weighted by Gasteiger charge is 2.27. The second-order valence-corrected chi connectivity index (χ2v) is 8.48. The summed E-state index contributed by atoms with van der Waals surface area (Å²) in [6.07, 6.45) is 6.23. The van der Waals surface area contributed by atoms with Crippen molar-refractivity contribution in [3.05, 3.63) is 52.4 Å². The minimum atomic E-state index is -0.375. The largest absolute Gasteiger partial charge is 0.336 e. The van der Waals surface area contributed by atoms with E-state index in [1.54, 1.807) is 24.0 Å². The molecular formula is C24H31BrFN5O2. The molecular weight excluding hydrogens is 489 g/mol. The fourth-order valence-electron chi connectivity index (χ4n) is 3.31. The van der Waals surface area contributed by atoms with Gasteiger partial charge in [-0.3, -0.25) is 15.0 Å². The molecule has 0 fully saturated rings. The van der Waals surface area contributed by atoms with E-state index >= 15 is 0 Å². The van der Waals surface area contributed by atoms with Gasteiger partial charge in [-0.25, -0.2) is 4.39 Å². The van der Waals surface area contributed by atoms with Crippen LogP contribution in [-0.2, 0) is 23.1 Å². The number of benzene rings is 1. The van der Waals surface area contributed by atoms with E-state index in [9.17, 15) is 14.0 Å². The maximum absolute atomic E-state index is 13.5. The van der Waals surface area contributed by atoms with Crippen LogP contribution in [0.5, 0.6) is 0 Å². The molecule has 1 aromatic heterocycles. The number of hydrazone groups is 1. The Labute approximate surface area is 202 Å². The molecule has 0 radical (unpaired) electrons. The number of anilines is 2. The Morgan fingerprint density at radius 3 is 2.67 bits per heavy atom. The van der Waals surface area contributed by atoms with E-state index < -0.39 is 0 Å². The van der Waals surface area contributed by atoms with E-state index in [-0.39, 0.29) is 30.6 Å². The minimum Gasteiger partial charge on any atom is -0.336 e. The molecule has 9 heteroatoms. The second kappa shape index (κ2) is 12.3. The molecule has 2 heterocycles. The molecule has 1 aliphatic heterocycles. The van der Waals surface area contributed by atoms with Crippen LogP contribution in [0.2, 0.25) is 0 Å². The van der Waals surface area contributed by atoms with Crippen LogP contribution in [0.4, 0.5) is 15.9 Å². The summed E-state index contributed by atoms with van der Waals surface area (Å²) in [5.74, 6) is -0.389. The van der Waals surface area contributed by atoms with Crippen molar-refractivity contribution in [3.63, 3.8) is 0 Å². The molecule has 2 N–H and O–H groups in total. The van der Waals surface area contributed by atoms with Gasteiger partial charge in [0.1, 0.15) is 18.2 Å². The highest BCUT2D eigenvalue weighted by Crippen LogP contribution is 2.32. The smallest absolute Gasteiger partial charge is 0.245 e. The normalized spacial score (nSPS) is 12.8. The molecule has 0 saturated carbocycles. The van der Waals surface area contributed by atoms with E-state index in [1.807, 2.05) is 6.92 Å². The van der Waals surface area contributed by atoms with E-state index in [1.165, 1.54) is 29.5 Å². The second-order valence-electron chi connectivity index (χ2n) is 7.63. The summed E-state index contributed by atoms with van der Waals surface area (Å²) in [6, 6.07) is 4.24. The topological polar surface area (TPSA) is 78.7 Å². The van der Waals surface area contributed by atoms with Crippen molar-refractivity contribution >= 4 is 51.2 Å². The molecule has 7 nitrogen and oxygen atoms in total. The molecule has 2 amide bonds. The number of hydrogen-bond donors (Lipinski definition) is 2. The van der Waals surface area contributed by atoms with Crippen molar-refractivity contribution in [1.29, 1.82) is 0 Å². The first kappa shape index (κ1) is 26.3. The summed E-state index contributed by atoms with van der Waals surface area (Å²) >= 11 is 3.48. The van der Waals surface area contributed by atoms with Crippen LogP contribution in [0.25, 0.3) is 5.70 Å². The number of carbonyl (C=O) groups is 2. The molecule has 2 aromatic rings. The van der Waals surface area contributed by atoms with Gasteiger partial charge in [-0.15, -0.1) is 0 Å². The molecule has 33 heavy (non-hydrogen) atoms. The highest BCUT2D eigenvalue weighted by atomic mass is 79.9. The Balaban J connectivity index is 0.00000122. The lowest BCUT2D eigenvalue weighted by atomic mass is 10.0. The summed E-state index contributed by atoms with van der Waals surface area (Å²) in [5.41, 5.74) is 5.31. The number of halogens is 2. The third-order valence-electron chi connectivity index (χ3n) is 4.71. The molecule has 0 aliphatic carbocycles. The van der Waals surface area contributed by atoms with Crippen molar-refractivity contribution in [3.8, 4) is 0 Å². The van der Waals surface area contributed by atoms with Gasteiger partial charge in [0.15, 0.2) is 0 Å². The third kappa shape index (κ3) is 6.77. The number of hydrogen-bond acceptors (Lipinski definition) is 4. The molecule has 0 saturated heterocycles. The Bertz CT molecular complexity index is 1050. The average Bonchev–Trinajstić information content (AvgIpc) is 3.03. The Morgan fingerprint density at radius 2 is 2.00 bits per heavy atom. The zero-order chi connectivity index (χ0) is 24.5. The number of fused-ring (bicyclic) bond motifs is 1. The van der Waals surface area contributed by atoms with Crippen molar-refractivity contribution in [2.24, 2.45) is 12.1 Å². The van der Waals surface area contributed by atoms with Gasteiger partial charge in [-0.05, 0) is 52.5 Å². The number of amides is 2. The zero-order valence-corrected chi connectivity index (χ0v) is 21.1. The number of rotatable bonds is 7. The molecule has 178 valence electrons. The van der Waals surface area contributed by atoms with Gasteiger partial charge in [0.25, 0.3) is 0 Å². The van der Waals surface area contributed by atoms with Crippen LogP contribution < -0.4 is 15.6 Å². The van der Waals surface area contributed by atoms with Gasteiger partial charge >= 0.3 is 0 Å². The van der Waals surface area contributed by atoms with Crippen molar-refractivity contribution in [2.75, 3.05) is 16.8 Å². The maximum Gasteiger partial charge on any atom is 0.245 e. The van der Waals surface area contributed by atoms with Gasteiger partial charge < -0.3 is 14.8 Å². The van der Waals surface area contributed by atoms with Gasteiger partial charge in [-0.1, -0.05) is 33.8 Å². The lowest BCUT2D eigenvalue weighted by molar-refractivity contribution is -0.121. The predicted octanol–water partition coefficient (Wildman–Crippen LogP) is 5.22. The molecule has 0 atom stereocenters. The van der Waals surface area contributed by atoms with Crippen LogP contribution in [0, 0.1) is 5.82 Å². The SMILES string of the molecule is C=C(N/N=C\CC)c1c(Br)cn(C)c1NC(=O)CN1C(=O)CCc2cc(F)ccc21.CCC. The lowest BCUT2D eigenvalue weighted by Crippen LogP contribution is -2.41. The van der Waals surface area contributed by atoms with Crippen molar-refractivity contribution in [1.82, 2.24) is 9.99 Å². The van der Waals surface area contributed by atoms with Gasteiger partial charge in [0, 0.05) is 36.0 Å². The van der Waals surface area contributed by atoms with Crippen molar-refractivity contribution in [2.45, 2.75) is 46.5 Å². The summed E-state index contributed by atoms with van der Waals surface area (Å²) in [6.45, 7) is 10.0. The van der Waals surface area contributed by atoms with Gasteiger partial charge in [0.2, 0.25) is 11.8 Å². The number of aromatic nitrogens is 1. The third-order valence-corrected chi connectivity index (χ3v) is 5.31. The van der Waals surface area contributed by atoms with E-state index in [4.69, 9.17) is 0 Å². The Hall–Kier alpha value is -2.94. The first-order valence-corrected chi connectivity index (χ1v) is 11.7. The van der Waals surface area contributed by atoms with Gasteiger partial charge in [0.05, 0.1) is 11.3 Å². The lowest BCUT2D eigenvalue weighted by Gasteiger charge is -2.29. The number of aryl methyl sites for hydroxylation is 2. The van der Waals surface area contributed by atoms with E-state index in [0.29, 0.717) is 29.2 Å². The standard InChI is InChI=1S/C21H23BrFN5O2.C3H8/c1-4-9-24-26-13(2)20-16(22)11-27(3)21(20)25-18(29)12-28-17-7-6-15(23)10-14(17)5-8-19(28)30;1-3-2/h6-7,9-11,26H,2,4-5,8,12H2,1,3H3,(H,25,29);3H2,1-2H3/b24-9-;. The molecule has 0 unspecified atom stereocenters. The van der Waals surface area contributed by atoms with Crippen molar-refractivity contribution < 1.29 is 14.0 Å². The molecule has 3 rings (SSSR count). The Morgan fingerprint density at radius 1 is 1.30 bits per heavy atom. The summed E-state index contributed by atoms with van der Waals surface area (Å²) < 4.78 is 16.0. The first-order chi connectivity index (χ1) is 15.7. The van der Waals surface area contributed by atoms with Crippen LogP contribution in [0.3, 0.4) is 0 Å². The summed E-state index contributed by atoms with van der Waals surface area (Å²) in [7, 11) is 1.79.